The van der Waals surface area contributed by atoms with E-state index in [1.54, 1.807) is 0 Å². The third-order valence-electron chi connectivity index (χ3n) is 3.88. The molecule has 0 fully saturated rings. The number of benzene rings is 1. The van der Waals surface area contributed by atoms with Gasteiger partial charge in [0.05, 0.1) is 0 Å². The lowest BCUT2D eigenvalue weighted by Gasteiger charge is -2.09. The number of nitrogens with zero attached hydrogens (tertiary/aromatic N) is 5. The minimum absolute atomic E-state index is 0.0235. The van der Waals surface area contributed by atoms with Crippen LogP contribution < -0.4 is 16.6 Å². The van der Waals surface area contributed by atoms with Crippen LogP contribution in [-0.2, 0) is 0 Å². The number of allylic oxidation sites excluding steroid dienone is 4. The molecule has 0 aliphatic carbocycles. The van der Waals surface area contributed by atoms with Crippen LogP contribution in [0.2, 0.25) is 0 Å². The van der Waals surface area contributed by atoms with Crippen molar-refractivity contribution in [3.63, 3.8) is 0 Å². The van der Waals surface area contributed by atoms with Crippen LogP contribution in [-0.4, -0.2) is 31.2 Å². The van der Waals surface area contributed by atoms with E-state index in [0.29, 0.717) is 17.0 Å². The van der Waals surface area contributed by atoms with E-state index in [1.807, 2.05) is 63.3 Å². The molecule has 2 heterocycles. The van der Waals surface area contributed by atoms with Crippen molar-refractivity contribution in [1.82, 2.24) is 36.2 Å². The van der Waals surface area contributed by atoms with Crippen molar-refractivity contribution in [1.29, 1.82) is 0 Å². The molecule has 3 aromatic rings. The molecule has 0 atom stereocenters. The molecule has 0 bridgehead atoms. The van der Waals surface area contributed by atoms with Crippen LogP contribution in [0.3, 0.4) is 0 Å². The highest BCUT2D eigenvalue weighted by molar-refractivity contribution is 5.98. The summed E-state index contributed by atoms with van der Waals surface area (Å²) in [4.78, 5) is 12.8. The molecule has 154 valence electrons. The summed E-state index contributed by atoms with van der Waals surface area (Å²) in [6, 6.07) is 9.14. The third kappa shape index (κ3) is 4.61. The first-order valence-electron chi connectivity index (χ1n) is 9.04. The Labute approximate surface area is 173 Å². The van der Waals surface area contributed by atoms with Crippen molar-refractivity contribution >= 4 is 11.7 Å². The van der Waals surface area contributed by atoms with Gasteiger partial charge in [-0.25, -0.2) is 4.63 Å². The van der Waals surface area contributed by atoms with Gasteiger partial charge in [0, 0.05) is 11.3 Å². The van der Waals surface area contributed by atoms with Crippen molar-refractivity contribution < 1.29 is 9.42 Å². The van der Waals surface area contributed by atoms with Crippen LogP contribution >= 0.6 is 0 Å². The van der Waals surface area contributed by atoms with E-state index in [1.165, 1.54) is 4.68 Å². The monoisotopic (exact) mass is 406 g/mol. The summed E-state index contributed by atoms with van der Waals surface area (Å²) in [5, 5.41) is 15.3. The number of carbonyl (C=O) groups excluding carboxylic acids is 1. The van der Waals surface area contributed by atoms with Gasteiger partial charge in [-0.1, -0.05) is 53.8 Å². The fraction of sp³-hybridized carbons (Fsp3) is 0.150. The summed E-state index contributed by atoms with van der Waals surface area (Å²) in [5.41, 5.74) is 14.9. The number of hydrogen-bond donors (Lipinski definition) is 3. The first kappa shape index (κ1) is 20.5. The van der Waals surface area contributed by atoms with Crippen LogP contribution in [0, 0.1) is 0 Å². The quantitative estimate of drug-likeness (QED) is 0.402. The highest BCUT2D eigenvalue weighted by atomic mass is 16.6. The molecule has 10 nitrogen and oxygen atoms in total. The number of nitrogens with one attached hydrogen (secondary N) is 2. The summed E-state index contributed by atoms with van der Waals surface area (Å²) >= 11 is 0. The molecule has 10 heteroatoms. The number of nitrogen functional groups attached to an aromatic ring is 1. The van der Waals surface area contributed by atoms with Gasteiger partial charge in [-0.15, -0.1) is 5.10 Å². The summed E-state index contributed by atoms with van der Waals surface area (Å²) in [6.07, 6.45) is 3.81. The topological polar surface area (TPSA) is 137 Å². The second-order valence-corrected chi connectivity index (χ2v) is 6.75. The highest BCUT2D eigenvalue weighted by Crippen LogP contribution is 2.26. The predicted molar refractivity (Wildman–Crippen MR) is 112 cm³/mol. The van der Waals surface area contributed by atoms with E-state index < -0.39 is 5.91 Å². The molecular formula is C20H22N8O2. The van der Waals surface area contributed by atoms with Crippen molar-refractivity contribution in [3.05, 3.63) is 71.6 Å². The predicted octanol–water partition coefficient (Wildman–Crippen LogP) is 2.56. The van der Waals surface area contributed by atoms with Crippen molar-refractivity contribution in [2.24, 2.45) is 0 Å². The van der Waals surface area contributed by atoms with Crippen LogP contribution in [0.1, 0.15) is 31.3 Å². The summed E-state index contributed by atoms with van der Waals surface area (Å²) in [5.74, 6) is -0.349. The van der Waals surface area contributed by atoms with Crippen molar-refractivity contribution in [3.8, 4) is 17.1 Å². The number of aromatic nitrogens is 5. The van der Waals surface area contributed by atoms with Gasteiger partial charge in [-0.3, -0.25) is 15.6 Å². The van der Waals surface area contributed by atoms with Gasteiger partial charge >= 0.3 is 0 Å². The van der Waals surface area contributed by atoms with E-state index in [-0.39, 0.29) is 17.3 Å². The number of anilines is 1. The molecule has 0 unspecified atom stereocenters. The molecule has 0 radical (unpaired) electrons. The molecule has 0 aliphatic heterocycles. The van der Waals surface area contributed by atoms with E-state index in [2.05, 4.69) is 42.7 Å². The van der Waals surface area contributed by atoms with Crippen LogP contribution in [0.5, 0.6) is 0 Å². The number of carbonyl (C=O) groups is 1. The fourth-order valence-corrected chi connectivity index (χ4v) is 2.78. The molecule has 0 saturated carbocycles. The molecule has 0 aliphatic rings. The SMILES string of the molecule is C=C(C=C(C)C=C(C)C)NNC(=O)c1nnn(-c2nonc2N)c1-c1ccccc1. The van der Waals surface area contributed by atoms with Crippen LogP contribution in [0.25, 0.3) is 17.1 Å². The average molecular weight is 406 g/mol. The van der Waals surface area contributed by atoms with Gasteiger partial charge in [0.15, 0.2) is 5.69 Å². The maximum Gasteiger partial charge on any atom is 0.292 e. The molecule has 0 spiro atoms. The number of nitrogens with two attached hydrogens (primary N) is 1. The summed E-state index contributed by atoms with van der Waals surface area (Å²) in [7, 11) is 0. The minimum Gasteiger partial charge on any atom is -0.378 e. The second kappa shape index (κ2) is 8.86. The maximum absolute atomic E-state index is 12.8. The largest absolute Gasteiger partial charge is 0.378 e. The zero-order valence-electron chi connectivity index (χ0n) is 16.9. The highest BCUT2D eigenvalue weighted by Gasteiger charge is 2.25. The van der Waals surface area contributed by atoms with Crippen LogP contribution in [0.4, 0.5) is 5.82 Å². The molecule has 1 aromatic carbocycles. The normalized spacial score (nSPS) is 11.1. The molecule has 3 rings (SSSR count). The van der Waals surface area contributed by atoms with E-state index in [0.717, 1.165) is 11.1 Å². The lowest BCUT2D eigenvalue weighted by molar-refractivity contribution is 0.0935. The molecular weight excluding hydrogens is 384 g/mol. The smallest absolute Gasteiger partial charge is 0.292 e. The number of hydrazine groups is 1. The van der Waals surface area contributed by atoms with Crippen molar-refractivity contribution in [2.45, 2.75) is 20.8 Å². The lowest BCUT2D eigenvalue weighted by atomic mass is 10.1. The first-order valence-corrected chi connectivity index (χ1v) is 9.04. The Morgan fingerprint density at radius 1 is 1.13 bits per heavy atom. The van der Waals surface area contributed by atoms with E-state index in [9.17, 15) is 4.79 Å². The van der Waals surface area contributed by atoms with Gasteiger partial charge in [-0.2, -0.15) is 4.68 Å². The van der Waals surface area contributed by atoms with Gasteiger partial charge in [0.2, 0.25) is 11.6 Å². The number of rotatable bonds is 7. The molecule has 0 saturated heterocycles. The Bertz CT molecular complexity index is 1120. The summed E-state index contributed by atoms with van der Waals surface area (Å²) < 4.78 is 5.96. The van der Waals surface area contributed by atoms with Gasteiger partial charge in [0.1, 0.15) is 5.69 Å². The summed E-state index contributed by atoms with van der Waals surface area (Å²) in [6.45, 7) is 9.83. The van der Waals surface area contributed by atoms with E-state index >= 15 is 0 Å². The molecule has 1 amide bonds. The minimum atomic E-state index is -0.510. The Morgan fingerprint density at radius 2 is 1.87 bits per heavy atom. The third-order valence-corrected chi connectivity index (χ3v) is 3.88. The zero-order valence-corrected chi connectivity index (χ0v) is 16.9. The number of hydrogen-bond acceptors (Lipinski definition) is 8. The van der Waals surface area contributed by atoms with Crippen molar-refractivity contribution in [2.75, 3.05) is 5.73 Å². The van der Waals surface area contributed by atoms with Gasteiger partial charge < -0.3 is 5.73 Å². The average Bonchev–Trinajstić information content (AvgIpc) is 3.32. The second-order valence-electron chi connectivity index (χ2n) is 6.75. The molecule has 2 aromatic heterocycles. The Kier molecular flexibility index (Phi) is 6.06. The van der Waals surface area contributed by atoms with E-state index in [4.69, 9.17) is 5.73 Å². The Hall–Kier alpha value is -4.21. The first-order chi connectivity index (χ1) is 14.4. The van der Waals surface area contributed by atoms with Crippen LogP contribution in [0.15, 0.2) is 70.5 Å². The maximum atomic E-state index is 12.8. The molecule has 30 heavy (non-hydrogen) atoms. The van der Waals surface area contributed by atoms with Gasteiger partial charge in [-0.05, 0) is 42.7 Å². The molecule has 4 N–H and O–H groups in total. The lowest BCUT2D eigenvalue weighted by Crippen LogP contribution is -2.36. The zero-order chi connectivity index (χ0) is 21.7. The Balaban J connectivity index is 1.88. The Morgan fingerprint density at radius 3 is 2.50 bits per heavy atom. The number of amides is 1. The fourth-order valence-electron chi connectivity index (χ4n) is 2.78. The standard InChI is InChI=1S/C20H22N8O2/c1-12(2)10-13(3)11-14(4)22-24-20(29)16-17(15-8-6-5-7-9-15)28(27-23-16)19-18(21)25-30-26-19/h5-11,22H,4H2,1-3H3,(H2,21,25)(H,24,29). The van der Waals surface area contributed by atoms with Gasteiger partial charge in [0.25, 0.3) is 5.91 Å².